The Labute approximate surface area is 71.8 Å². The number of hydrogen-bond donors (Lipinski definition) is 1. The number of aromatic amines is 1. The number of hydrogen-bond acceptors (Lipinski definition) is 2. The number of aromatic nitrogens is 1. The fourth-order valence-electron chi connectivity index (χ4n) is 0.733. The molecule has 0 spiro atoms. The van der Waals surface area contributed by atoms with Gasteiger partial charge in [-0.25, -0.2) is 0 Å². The zero-order valence-electron chi connectivity index (χ0n) is 5.81. The molecule has 0 unspecified atom stereocenters. The fourth-order valence-corrected chi connectivity index (χ4v) is 1.25. The molecule has 1 aromatic heterocycles. The molecule has 0 aromatic carbocycles. The number of nitriles is 1. The van der Waals surface area contributed by atoms with Crippen molar-refractivity contribution in [1.29, 1.82) is 5.26 Å². The maximum absolute atomic E-state index is 10.9. The van der Waals surface area contributed by atoms with E-state index in [-0.39, 0.29) is 5.56 Å². The molecule has 0 aliphatic carbocycles. The SMILES string of the molecule is Cc1c[nH]c(=O)c(Br)c1C#N. The first-order valence-electron chi connectivity index (χ1n) is 2.94. The smallest absolute Gasteiger partial charge is 0.263 e. The van der Waals surface area contributed by atoms with Gasteiger partial charge in [0.15, 0.2) is 0 Å². The molecule has 0 fully saturated rings. The van der Waals surface area contributed by atoms with Gasteiger partial charge >= 0.3 is 0 Å². The highest BCUT2D eigenvalue weighted by atomic mass is 79.9. The molecule has 1 rings (SSSR count). The van der Waals surface area contributed by atoms with Gasteiger partial charge in [-0.2, -0.15) is 5.26 Å². The Morgan fingerprint density at radius 1 is 1.73 bits per heavy atom. The number of aryl methyl sites for hydroxylation is 1. The van der Waals surface area contributed by atoms with Gasteiger partial charge in [0, 0.05) is 6.20 Å². The van der Waals surface area contributed by atoms with Crippen LogP contribution in [0.4, 0.5) is 0 Å². The van der Waals surface area contributed by atoms with Crippen LogP contribution < -0.4 is 5.56 Å². The molecule has 1 heterocycles. The van der Waals surface area contributed by atoms with Gasteiger partial charge in [-0.1, -0.05) is 0 Å². The number of H-pyrrole nitrogens is 1. The zero-order valence-corrected chi connectivity index (χ0v) is 7.40. The summed E-state index contributed by atoms with van der Waals surface area (Å²) in [6.45, 7) is 1.76. The Balaban J connectivity index is 3.57. The normalized spacial score (nSPS) is 9.18. The van der Waals surface area contributed by atoms with Crippen molar-refractivity contribution in [3.63, 3.8) is 0 Å². The molecule has 0 atom stereocenters. The summed E-state index contributed by atoms with van der Waals surface area (Å²) in [5.74, 6) is 0. The van der Waals surface area contributed by atoms with Crippen molar-refractivity contribution in [3.05, 3.63) is 32.2 Å². The lowest BCUT2D eigenvalue weighted by atomic mass is 10.2. The molecule has 0 saturated heterocycles. The maximum Gasteiger partial charge on any atom is 0.263 e. The van der Waals surface area contributed by atoms with Crippen molar-refractivity contribution in [3.8, 4) is 6.07 Å². The van der Waals surface area contributed by atoms with Gasteiger partial charge in [0.05, 0.1) is 5.56 Å². The summed E-state index contributed by atoms with van der Waals surface area (Å²) in [6, 6.07) is 1.94. The summed E-state index contributed by atoms with van der Waals surface area (Å²) >= 11 is 3.02. The number of halogens is 1. The van der Waals surface area contributed by atoms with Gasteiger partial charge in [0.25, 0.3) is 5.56 Å². The standard InChI is InChI=1S/C7H5BrN2O/c1-4-3-10-7(11)6(8)5(4)2-9/h3H,1H3,(H,10,11). The van der Waals surface area contributed by atoms with Crippen LogP contribution in [0.3, 0.4) is 0 Å². The van der Waals surface area contributed by atoms with Gasteiger partial charge < -0.3 is 4.98 Å². The molecule has 0 saturated carbocycles. The maximum atomic E-state index is 10.9. The van der Waals surface area contributed by atoms with Crippen LogP contribution in [0.5, 0.6) is 0 Å². The third kappa shape index (κ3) is 1.33. The summed E-state index contributed by atoms with van der Waals surface area (Å²) in [6.07, 6.45) is 1.52. The predicted molar refractivity (Wildman–Crippen MR) is 44.2 cm³/mol. The molecule has 0 aliphatic heterocycles. The van der Waals surface area contributed by atoms with Crippen LogP contribution in [0.25, 0.3) is 0 Å². The van der Waals surface area contributed by atoms with Crippen molar-refractivity contribution < 1.29 is 0 Å². The minimum absolute atomic E-state index is 0.271. The number of rotatable bonds is 0. The summed E-state index contributed by atoms with van der Waals surface area (Å²) in [4.78, 5) is 13.4. The number of nitrogens with zero attached hydrogens (tertiary/aromatic N) is 1. The third-order valence-corrected chi connectivity index (χ3v) is 2.10. The van der Waals surface area contributed by atoms with Crippen molar-refractivity contribution in [2.75, 3.05) is 0 Å². The van der Waals surface area contributed by atoms with Crippen LogP contribution in [-0.2, 0) is 0 Å². The van der Waals surface area contributed by atoms with E-state index in [2.05, 4.69) is 20.9 Å². The molecular formula is C7H5BrN2O. The Morgan fingerprint density at radius 2 is 2.36 bits per heavy atom. The molecule has 56 valence electrons. The van der Waals surface area contributed by atoms with E-state index in [0.29, 0.717) is 10.0 Å². The van der Waals surface area contributed by atoms with E-state index in [0.717, 1.165) is 5.56 Å². The summed E-state index contributed by atoms with van der Waals surface area (Å²) < 4.78 is 0.306. The van der Waals surface area contributed by atoms with Gasteiger partial charge in [0.1, 0.15) is 10.5 Å². The number of nitrogens with one attached hydrogen (secondary N) is 1. The molecule has 1 N–H and O–H groups in total. The molecular weight excluding hydrogens is 208 g/mol. The zero-order chi connectivity index (χ0) is 8.43. The van der Waals surface area contributed by atoms with Crippen molar-refractivity contribution in [2.45, 2.75) is 6.92 Å². The highest BCUT2D eigenvalue weighted by molar-refractivity contribution is 9.10. The minimum Gasteiger partial charge on any atom is -0.328 e. The summed E-state index contributed by atoms with van der Waals surface area (Å²) in [5.41, 5.74) is 0.889. The highest BCUT2D eigenvalue weighted by Crippen LogP contribution is 2.12. The van der Waals surface area contributed by atoms with E-state index in [1.807, 2.05) is 6.07 Å². The lowest BCUT2D eigenvalue weighted by Gasteiger charge is -1.96. The molecule has 3 nitrogen and oxygen atoms in total. The Kier molecular flexibility index (Phi) is 2.11. The molecule has 4 heteroatoms. The molecule has 0 radical (unpaired) electrons. The van der Waals surface area contributed by atoms with Crippen molar-refractivity contribution in [2.24, 2.45) is 0 Å². The van der Waals surface area contributed by atoms with Crippen LogP contribution in [0, 0.1) is 18.3 Å². The molecule has 1 aromatic rings. The molecule has 11 heavy (non-hydrogen) atoms. The molecule has 0 amide bonds. The fraction of sp³-hybridized carbons (Fsp3) is 0.143. The second kappa shape index (κ2) is 2.89. The third-order valence-electron chi connectivity index (χ3n) is 1.34. The quantitative estimate of drug-likeness (QED) is 0.706. The van der Waals surface area contributed by atoms with E-state index < -0.39 is 0 Å². The van der Waals surface area contributed by atoms with E-state index >= 15 is 0 Å². The van der Waals surface area contributed by atoms with Crippen molar-refractivity contribution in [1.82, 2.24) is 4.98 Å². The van der Waals surface area contributed by atoms with Gasteiger partial charge in [-0.05, 0) is 28.4 Å². The van der Waals surface area contributed by atoms with Crippen LogP contribution in [0.15, 0.2) is 15.5 Å². The largest absolute Gasteiger partial charge is 0.328 e. The second-order valence-corrected chi connectivity index (χ2v) is 2.89. The summed E-state index contributed by atoms with van der Waals surface area (Å²) in [5, 5.41) is 8.59. The first-order chi connectivity index (χ1) is 5.16. The van der Waals surface area contributed by atoms with Crippen LogP contribution >= 0.6 is 15.9 Å². The van der Waals surface area contributed by atoms with Crippen LogP contribution in [-0.4, -0.2) is 4.98 Å². The van der Waals surface area contributed by atoms with E-state index in [9.17, 15) is 4.79 Å². The van der Waals surface area contributed by atoms with Gasteiger partial charge in [-0.3, -0.25) is 4.79 Å². The van der Waals surface area contributed by atoms with E-state index in [4.69, 9.17) is 5.26 Å². The summed E-state index contributed by atoms with van der Waals surface area (Å²) in [7, 11) is 0. The van der Waals surface area contributed by atoms with E-state index in [1.165, 1.54) is 6.20 Å². The Hall–Kier alpha value is -1.08. The topological polar surface area (TPSA) is 56.6 Å². The molecule has 0 bridgehead atoms. The average Bonchev–Trinajstić information content (AvgIpc) is 1.99. The van der Waals surface area contributed by atoms with Gasteiger partial charge in [-0.15, -0.1) is 0 Å². The van der Waals surface area contributed by atoms with Crippen LogP contribution in [0.1, 0.15) is 11.1 Å². The lowest BCUT2D eigenvalue weighted by Crippen LogP contribution is -2.08. The first-order valence-corrected chi connectivity index (χ1v) is 3.74. The van der Waals surface area contributed by atoms with Crippen LogP contribution in [0.2, 0.25) is 0 Å². The average molecular weight is 213 g/mol. The Bertz CT molecular complexity index is 375. The second-order valence-electron chi connectivity index (χ2n) is 2.10. The Morgan fingerprint density at radius 3 is 2.82 bits per heavy atom. The molecule has 0 aliphatic rings. The lowest BCUT2D eigenvalue weighted by molar-refractivity contribution is 1.16. The highest BCUT2D eigenvalue weighted by Gasteiger charge is 2.05. The predicted octanol–water partition coefficient (Wildman–Crippen LogP) is 1.32. The van der Waals surface area contributed by atoms with Gasteiger partial charge in [0.2, 0.25) is 0 Å². The monoisotopic (exact) mass is 212 g/mol. The number of pyridine rings is 1. The van der Waals surface area contributed by atoms with Crippen molar-refractivity contribution >= 4 is 15.9 Å². The first kappa shape index (κ1) is 8.02. The minimum atomic E-state index is -0.271. The van der Waals surface area contributed by atoms with E-state index in [1.54, 1.807) is 6.92 Å².